The number of hydrogen-bond acceptors (Lipinski definition) is 6. The van der Waals surface area contributed by atoms with Gasteiger partial charge in [-0.1, -0.05) is 6.92 Å². The summed E-state index contributed by atoms with van der Waals surface area (Å²) >= 11 is 1.64. The third kappa shape index (κ3) is 2.52. The third-order valence-corrected chi connectivity index (χ3v) is 3.53. The molecule has 2 aromatic heterocycles. The van der Waals surface area contributed by atoms with E-state index >= 15 is 0 Å². The molecule has 0 unspecified atom stereocenters. The molecule has 0 aromatic carbocycles. The first-order valence-corrected chi connectivity index (χ1v) is 6.32. The summed E-state index contributed by atoms with van der Waals surface area (Å²) in [6, 6.07) is 0. The van der Waals surface area contributed by atoms with Crippen LogP contribution in [0.25, 0.3) is 0 Å². The van der Waals surface area contributed by atoms with Crippen LogP contribution >= 0.6 is 11.3 Å². The lowest BCUT2D eigenvalue weighted by molar-refractivity contribution is 1.02. The van der Waals surface area contributed by atoms with Gasteiger partial charge >= 0.3 is 0 Å². The fourth-order valence-corrected chi connectivity index (χ4v) is 2.30. The fourth-order valence-electron chi connectivity index (χ4n) is 1.59. The molecule has 0 radical (unpaired) electrons. The van der Waals surface area contributed by atoms with Crippen LogP contribution in [0.5, 0.6) is 0 Å². The van der Waals surface area contributed by atoms with E-state index in [-0.39, 0.29) is 0 Å². The SMILES string of the molecule is CCc1c(N)ncnc1NCc1scnc1C. The van der Waals surface area contributed by atoms with Gasteiger partial charge in [-0.2, -0.15) is 0 Å². The van der Waals surface area contributed by atoms with Gasteiger partial charge in [0, 0.05) is 10.4 Å². The van der Waals surface area contributed by atoms with Crippen LogP contribution in [0.4, 0.5) is 11.6 Å². The largest absolute Gasteiger partial charge is 0.383 e. The molecular formula is C11H15N5S. The van der Waals surface area contributed by atoms with E-state index in [0.29, 0.717) is 5.82 Å². The standard InChI is InChI=1S/C11H15N5S/c1-3-8-10(12)14-5-15-11(8)13-4-9-7(2)16-6-17-9/h5-6H,3-4H2,1-2H3,(H3,12,13,14,15). The maximum absolute atomic E-state index is 5.81. The van der Waals surface area contributed by atoms with Crippen molar-refractivity contribution in [2.24, 2.45) is 0 Å². The van der Waals surface area contributed by atoms with Crippen LogP contribution in [-0.4, -0.2) is 15.0 Å². The molecule has 0 bridgehead atoms. The zero-order valence-corrected chi connectivity index (χ0v) is 10.7. The Bertz CT molecular complexity index is 508. The van der Waals surface area contributed by atoms with Crippen molar-refractivity contribution in [3.8, 4) is 0 Å². The molecule has 0 saturated carbocycles. The Morgan fingerprint density at radius 2 is 2.18 bits per heavy atom. The highest BCUT2D eigenvalue weighted by Gasteiger charge is 2.08. The Hall–Kier alpha value is -1.69. The van der Waals surface area contributed by atoms with E-state index in [4.69, 9.17) is 5.73 Å². The summed E-state index contributed by atoms with van der Waals surface area (Å²) in [5, 5.41) is 3.29. The summed E-state index contributed by atoms with van der Waals surface area (Å²) in [6.45, 7) is 4.76. The summed E-state index contributed by atoms with van der Waals surface area (Å²) in [7, 11) is 0. The molecule has 0 saturated heterocycles. The Morgan fingerprint density at radius 3 is 2.82 bits per heavy atom. The highest BCUT2D eigenvalue weighted by atomic mass is 32.1. The molecule has 2 aromatic rings. The maximum Gasteiger partial charge on any atom is 0.134 e. The molecule has 0 amide bonds. The minimum atomic E-state index is 0.547. The van der Waals surface area contributed by atoms with Crippen molar-refractivity contribution in [2.45, 2.75) is 26.8 Å². The lowest BCUT2D eigenvalue weighted by atomic mass is 10.2. The summed E-state index contributed by atoms with van der Waals surface area (Å²) in [5.74, 6) is 1.36. The Morgan fingerprint density at radius 1 is 1.35 bits per heavy atom. The predicted molar refractivity (Wildman–Crippen MR) is 70.0 cm³/mol. The van der Waals surface area contributed by atoms with Gasteiger partial charge in [0.25, 0.3) is 0 Å². The van der Waals surface area contributed by atoms with Gasteiger partial charge in [-0.25, -0.2) is 15.0 Å². The number of nitrogens with zero attached hydrogens (tertiary/aromatic N) is 3. The van der Waals surface area contributed by atoms with E-state index in [1.54, 1.807) is 11.3 Å². The van der Waals surface area contributed by atoms with E-state index in [0.717, 1.165) is 30.0 Å². The molecule has 90 valence electrons. The smallest absolute Gasteiger partial charge is 0.134 e. The Kier molecular flexibility index (Phi) is 3.53. The Balaban J connectivity index is 2.14. The van der Waals surface area contributed by atoms with E-state index in [1.807, 2.05) is 19.4 Å². The van der Waals surface area contributed by atoms with E-state index in [1.165, 1.54) is 11.2 Å². The van der Waals surface area contributed by atoms with Gasteiger partial charge in [0.15, 0.2) is 0 Å². The van der Waals surface area contributed by atoms with E-state index in [9.17, 15) is 0 Å². The first-order chi connectivity index (χ1) is 8.22. The molecule has 3 N–H and O–H groups in total. The number of aryl methyl sites for hydroxylation is 1. The van der Waals surface area contributed by atoms with Crippen LogP contribution in [0.2, 0.25) is 0 Å². The van der Waals surface area contributed by atoms with Crippen LogP contribution < -0.4 is 11.1 Å². The van der Waals surface area contributed by atoms with Gasteiger partial charge in [-0.05, 0) is 13.3 Å². The average Bonchev–Trinajstić information content (AvgIpc) is 2.72. The van der Waals surface area contributed by atoms with Crippen molar-refractivity contribution >= 4 is 23.0 Å². The minimum Gasteiger partial charge on any atom is -0.383 e. The fraction of sp³-hybridized carbons (Fsp3) is 0.364. The van der Waals surface area contributed by atoms with Crippen LogP contribution in [0.15, 0.2) is 11.8 Å². The molecule has 0 aliphatic heterocycles. The van der Waals surface area contributed by atoms with Gasteiger partial charge < -0.3 is 11.1 Å². The second kappa shape index (κ2) is 5.09. The first kappa shape index (κ1) is 11.8. The first-order valence-electron chi connectivity index (χ1n) is 5.44. The topological polar surface area (TPSA) is 76.7 Å². The average molecular weight is 249 g/mol. The summed E-state index contributed by atoms with van der Waals surface area (Å²) in [6.07, 6.45) is 2.30. The maximum atomic E-state index is 5.81. The van der Waals surface area contributed by atoms with Crippen molar-refractivity contribution in [1.82, 2.24) is 15.0 Å². The van der Waals surface area contributed by atoms with Crippen molar-refractivity contribution in [3.05, 3.63) is 28.0 Å². The van der Waals surface area contributed by atoms with Crippen molar-refractivity contribution in [1.29, 1.82) is 0 Å². The lowest BCUT2D eigenvalue weighted by Gasteiger charge is -2.10. The van der Waals surface area contributed by atoms with Crippen molar-refractivity contribution in [2.75, 3.05) is 11.1 Å². The molecule has 17 heavy (non-hydrogen) atoms. The lowest BCUT2D eigenvalue weighted by Crippen LogP contribution is -2.07. The quantitative estimate of drug-likeness (QED) is 0.866. The van der Waals surface area contributed by atoms with Gasteiger partial charge in [0.1, 0.15) is 18.0 Å². The summed E-state index contributed by atoms with van der Waals surface area (Å²) in [5.41, 5.74) is 9.68. The zero-order chi connectivity index (χ0) is 12.3. The number of rotatable bonds is 4. The van der Waals surface area contributed by atoms with Gasteiger partial charge in [0.05, 0.1) is 17.7 Å². The van der Waals surface area contributed by atoms with Crippen molar-refractivity contribution < 1.29 is 0 Å². The molecule has 0 fully saturated rings. The minimum absolute atomic E-state index is 0.547. The van der Waals surface area contributed by atoms with Gasteiger partial charge in [-0.3, -0.25) is 0 Å². The molecule has 0 atom stereocenters. The molecular weight excluding hydrogens is 234 g/mol. The normalized spacial score (nSPS) is 10.5. The Labute approximate surface area is 104 Å². The second-order valence-electron chi connectivity index (χ2n) is 3.65. The summed E-state index contributed by atoms with van der Waals surface area (Å²) in [4.78, 5) is 13.6. The molecule has 0 aliphatic rings. The van der Waals surface area contributed by atoms with Gasteiger partial charge in [-0.15, -0.1) is 11.3 Å². The number of thiazole rings is 1. The number of aromatic nitrogens is 3. The summed E-state index contributed by atoms with van der Waals surface area (Å²) < 4.78 is 0. The van der Waals surface area contributed by atoms with E-state index in [2.05, 4.69) is 20.3 Å². The van der Waals surface area contributed by atoms with Crippen LogP contribution in [0, 0.1) is 6.92 Å². The molecule has 5 nitrogen and oxygen atoms in total. The molecule has 2 rings (SSSR count). The molecule has 6 heteroatoms. The number of nitrogens with one attached hydrogen (secondary N) is 1. The third-order valence-electron chi connectivity index (χ3n) is 2.59. The van der Waals surface area contributed by atoms with Gasteiger partial charge in [0.2, 0.25) is 0 Å². The predicted octanol–water partition coefficient (Wildman–Crippen LogP) is 2.00. The van der Waals surface area contributed by atoms with Crippen molar-refractivity contribution in [3.63, 3.8) is 0 Å². The number of nitrogens with two attached hydrogens (primary N) is 1. The van der Waals surface area contributed by atoms with Crippen LogP contribution in [0.1, 0.15) is 23.1 Å². The zero-order valence-electron chi connectivity index (χ0n) is 9.90. The molecule has 0 aliphatic carbocycles. The van der Waals surface area contributed by atoms with Crippen LogP contribution in [-0.2, 0) is 13.0 Å². The molecule has 2 heterocycles. The van der Waals surface area contributed by atoms with Crippen LogP contribution in [0.3, 0.4) is 0 Å². The molecule has 0 spiro atoms. The number of anilines is 2. The highest BCUT2D eigenvalue weighted by Crippen LogP contribution is 2.20. The number of hydrogen-bond donors (Lipinski definition) is 2. The van der Waals surface area contributed by atoms with E-state index < -0.39 is 0 Å². The second-order valence-corrected chi connectivity index (χ2v) is 4.59. The number of nitrogen functional groups attached to an aromatic ring is 1. The highest BCUT2D eigenvalue weighted by molar-refractivity contribution is 7.09. The monoisotopic (exact) mass is 249 g/mol.